The van der Waals surface area contributed by atoms with Crippen molar-refractivity contribution >= 4 is 0 Å². The molecule has 0 spiro atoms. The third-order valence-corrected chi connectivity index (χ3v) is 5.00. The van der Waals surface area contributed by atoms with Gasteiger partial charge in [0, 0.05) is 30.0 Å². The van der Waals surface area contributed by atoms with Crippen molar-refractivity contribution in [1.29, 1.82) is 0 Å². The van der Waals surface area contributed by atoms with Gasteiger partial charge in [0.15, 0.2) is 0 Å². The molecule has 1 aliphatic rings. The van der Waals surface area contributed by atoms with Gasteiger partial charge in [-0.15, -0.1) is 10.2 Å². The third-order valence-electron chi connectivity index (χ3n) is 5.00. The van der Waals surface area contributed by atoms with E-state index < -0.39 is 24.4 Å². The maximum atomic E-state index is 10.2. The smallest absolute Gasteiger partial charge is 0.247 e. The van der Waals surface area contributed by atoms with Crippen LogP contribution in [0.3, 0.4) is 0 Å². The Labute approximate surface area is 174 Å². The lowest BCUT2D eigenvalue weighted by Crippen LogP contribution is -2.44. The van der Waals surface area contributed by atoms with E-state index in [4.69, 9.17) is 9.15 Å². The Morgan fingerprint density at radius 2 is 1.60 bits per heavy atom. The molecule has 1 aromatic heterocycles. The highest BCUT2D eigenvalue weighted by Crippen LogP contribution is 2.32. The van der Waals surface area contributed by atoms with Gasteiger partial charge in [-0.05, 0) is 42.0 Å². The highest BCUT2D eigenvalue weighted by atomic mass is 16.5. The summed E-state index contributed by atoms with van der Waals surface area (Å²) < 4.78 is 11.1. The predicted octanol–water partition coefficient (Wildman–Crippen LogP) is 1.99. The standard InChI is InChI=1S/C23H22N2O5/c1-14-24-25-23(29-14)18-10-6-16(7-11-18)3-2-15-4-8-17(9-5-15)22-21(28)20(27)12-19(13-26)30-22/h4-11,19-22,26-28H,12-13H2,1H3/t19?,20?,21?,22-/m1/s1. The second-order valence-corrected chi connectivity index (χ2v) is 7.23. The van der Waals surface area contributed by atoms with Crippen molar-refractivity contribution in [2.75, 3.05) is 6.61 Å². The van der Waals surface area contributed by atoms with Crippen LogP contribution in [0.15, 0.2) is 52.9 Å². The van der Waals surface area contributed by atoms with Crippen LogP contribution in [0, 0.1) is 18.8 Å². The van der Waals surface area contributed by atoms with Gasteiger partial charge in [0.1, 0.15) is 12.2 Å². The fourth-order valence-corrected chi connectivity index (χ4v) is 3.36. The lowest BCUT2D eigenvalue weighted by Gasteiger charge is -2.36. The average Bonchev–Trinajstić information content (AvgIpc) is 3.21. The summed E-state index contributed by atoms with van der Waals surface area (Å²) in [6.07, 6.45) is -2.94. The van der Waals surface area contributed by atoms with Gasteiger partial charge >= 0.3 is 0 Å². The summed E-state index contributed by atoms with van der Waals surface area (Å²) in [4.78, 5) is 0. The topological polar surface area (TPSA) is 109 Å². The van der Waals surface area contributed by atoms with Crippen molar-refractivity contribution in [1.82, 2.24) is 10.2 Å². The fraction of sp³-hybridized carbons (Fsp3) is 0.304. The molecule has 4 rings (SSSR count). The monoisotopic (exact) mass is 406 g/mol. The Morgan fingerprint density at radius 3 is 2.17 bits per heavy atom. The average molecular weight is 406 g/mol. The molecule has 3 aromatic rings. The summed E-state index contributed by atoms with van der Waals surface area (Å²) in [7, 11) is 0. The molecule has 3 N–H and O–H groups in total. The molecule has 30 heavy (non-hydrogen) atoms. The minimum Gasteiger partial charge on any atom is -0.421 e. The van der Waals surface area contributed by atoms with Crippen LogP contribution in [0.5, 0.6) is 0 Å². The van der Waals surface area contributed by atoms with Gasteiger partial charge in [-0.2, -0.15) is 0 Å². The summed E-state index contributed by atoms with van der Waals surface area (Å²) in [5.41, 5.74) is 3.21. The van der Waals surface area contributed by atoms with Crippen molar-refractivity contribution in [2.45, 2.75) is 37.8 Å². The normalized spacial score (nSPS) is 23.6. The number of aliphatic hydroxyl groups excluding tert-OH is 3. The molecule has 2 heterocycles. The van der Waals surface area contributed by atoms with E-state index in [-0.39, 0.29) is 13.0 Å². The van der Waals surface area contributed by atoms with Gasteiger partial charge in [0.05, 0.1) is 18.8 Å². The van der Waals surface area contributed by atoms with E-state index >= 15 is 0 Å². The Bertz CT molecular complexity index is 1050. The molecule has 1 aliphatic heterocycles. The van der Waals surface area contributed by atoms with Crippen molar-refractivity contribution < 1.29 is 24.5 Å². The Hall–Kier alpha value is -3.02. The lowest BCUT2D eigenvalue weighted by molar-refractivity contribution is -0.179. The van der Waals surface area contributed by atoms with Gasteiger partial charge in [0.25, 0.3) is 0 Å². The highest BCUT2D eigenvalue weighted by Gasteiger charge is 2.37. The molecule has 154 valence electrons. The minimum atomic E-state index is -1.04. The van der Waals surface area contributed by atoms with Gasteiger partial charge in [-0.1, -0.05) is 24.0 Å². The molecule has 3 unspecified atom stereocenters. The Kier molecular flexibility index (Phi) is 5.93. The second kappa shape index (κ2) is 8.78. The summed E-state index contributed by atoms with van der Waals surface area (Å²) in [6, 6.07) is 14.8. The van der Waals surface area contributed by atoms with Crippen LogP contribution in [-0.2, 0) is 4.74 Å². The van der Waals surface area contributed by atoms with Gasteiger partial charge in [0.2, 0.25) is 11.8 Å². The largest absolute Gasteiger partial charge is 0.421 e. The van der Waals surface area contributed by atoms with Crippen LogP contribution in [-0.4, -0.2) is 50.4 Å². The van der Waals surface area contributed by atoms with Gasteiger partial charge in [-0.25, -0.2) is 0 Å². The van der Waals surface area contributed by atoms with Crippen molar-refractivity contribution in [3.63, 3.8) is 0 Å². The van der Waals surface area contributed by atoms with E-state index in [1.54, 1.807) is 6.92 Å². The zero-order valence-corrected chi connectivity index (χ0v) is 16.4. The number of aliphatic hydroxyl groups is 3. The first kappa shape index (κ1) is 20.3. The van der Waals surface area contributed by atoms with Crippen LogP contribution in [0.1, 0.15) is 35.1 Å². The highest BCUT2D eigenvalue weighted by molar-refractivity contribution is 5.55. The van der Waals surface area contributed by atoms with Crippen LogP contribution in [0.2, 0.25) is 0 Å². The summed E-state index contributed by atoms with van der Waals surface area (Å²) >= 11 is 0. The first-order chi connectivity index (χ1) is 14.5. The summed E-state index contributed by atoms with van der Waals surface area (Å²) in [6.45, 7) is 1.55. The molecule has 4 atom stereocenters. The number of benzene rings is 2. The number of ether oxygens (including phenoxy) is 1. The summed E-state index contributed by atoms with van der Waals surface area (Å²) in [5.74, 6) is 7.20. The molecule has 0 amide bonds. The fourth-order valence-electron chi connectivity index (χ4n) is 3.36. The van der Waals surface area contributed by atoms with Gasteiger partial charge < -0.3 is 24.5 Å². The van der Waals surface area contributed by atoms with E-state index in [9.17, 15) is 15.3 Å². The second-order valence-electron chi connectivity index (χ2n) is 7.23. The molecule has 0 bridgehead atoms. The van der Waals surface area contributed by atoms with Crippen molar-refractivity contribution in [3.8, 4) is 23.3 Å². The van der Waals surface area contributed by atoms with Crippen LogP contribution >= 0.6 is 0 Å². The Balaban J connectivity index is 1.46. The molecule has 7 nitrogen and oxygen atoms in total. The molecule has 7 heteroatoms. The quantitative estimate of drug-likeness (QED) is 0.571. The maximum absolute atomic E-state index is 10.2. The number of aryl methyl sites for hydroxylation is 1. The molecule has 0 aliphatic carbocycles. The van der Waals surface area contributed by atoms with Crippen LogP contribution in [0.25, 0.3) is 11.5 Å². The molecule has 2 aromatic carbocycles. The maximum Gasteiger partial charge on any atom is 0.247 e. The first-order valence-corrected chi connectivity index (χ1v) is 9.68. The van der Waals surface area contributed by atoms with Crippen LogP contribution in [0.4, 0.5) is 0 Å². The number of hydrogen-bond acceptors (Lipinski definition) is 7. The molecule has 0 saturated carbocycles. The van der Waals surface area contributed by atoms with E-state index in [1.165, 1.54) is 0 Å². The Morgan fingerprint density at radius 1 is 0.967 bits per heavy atom. The molecule has 1 fully saturated rings. The van der Waals surface area contributed by atoms with Gasteiger partial charge in [-0.3, -0.25) is 0 Å². The van der Waals surface area contributed by atoms with E-state index in [2.05, 4.69) is 22.0 Å². The first-order valence-electron chi connectivity index (χ1n) is 9.68. The minimum absolute atomic E-state index is 0.200. The predicted molar refractivity (Wildman–Crippen MR) is 108 cm³/mol. The number of nitrogens with zero attached hydrogens (tertiary/aromatic N) is 2. The van der Waals surface area contributed by atoms with Crippen LogP contribution < -0.4 is 0 Å². The molecular weight excluding hydrogens is 384 g/mol. The molecule has 0 radical (unpaired) electrons. The van der Waals surface area contributed by atoms with E-state index in [1.807, 2.05) is 48.5 Å². The van der Waals surface area contributed by atoms with Crippen molar-refractivity contribution in [3.05, 3.63) is 71.1 Å². The van der Waals surface area contributed by atoms with E-state index in [0.717, 1.165) is 22.3 Å². The third kappa shape index (κ3) is 4.42. The molecular formula is C23H22N2O5. The van der Waals surface area contributed by atoms with E-state index in [0.29, 0.717) is 11.8 Å². The lowest BCUT2D eigenvalue weighted by atomic mass is 9.93. The number of rotatable bonds is 3. The number of aromatic nitrogens is 2. The zero-order chi connectivity index (χ0) is 21.1. The number of hydrogen-bond donors (Lipinski definition) is 3. The molecule has 1 saturated heterocycles. The zero-order valence-electron chi connectivity index (χ0n) is 16.4. The SMILES string of the molecule is Cc1nnc(-c2ccc(C#Cc3ccc([C@H]4OC(CO)CC(O)C4O)cc3)cc2)o1. The summed E-state index contributed by atoms with van der Waals surface area (Å²) in [5, 5.41) is 37.4. The van der Waals surface area contributed by atoms with Crippen molar-refractivity contribution in [2.24, 2.45) is 0 Å².